The Morgan fingerprint density at radius 3 is 2.50 bits per heavy atom. The van der Waals surface area contributed by atoms with Crippen molar-refractivity contribution in [3.8, 4) is 5.75 Å². The molecule has 0 saturated carbocycles. The largest absolute Gasteiger partial charge is 0.483 e. The number of rotatable bonds is 6. The number of nitrogens with two attached hydrogens (primary N) is 1. The van der Waals surface area contributed by atoms with Gasteiger partial charge in [0.05, 0.1) is 0 Å². The zero-order valence-corrected chi connectivity index (χ0v) is 13.2. The zero-order valence-electron chi connectivity index (χ0n) is 12.4. The van der Waals surface area contributed by atoms with Crippen LogP contribution in [0, 0.1) is 0 Å². The number of hydrogen-bond donors (Lipinski definition) is 1. The lowest BCUT2D eigenvalue weighted by Gasteiger charge is -2.24. The maximum atomic E-state index is 6.26. The van der Waals surface area contributed by atoms with Gasteiger partial charge in [0.1, 0.15) is 11.9 Å². The molecule has 0 radical (unpaired) electrons. The van der Waals surface area contributed by atoms with Gasteiger partial charge in [-0.25, -0.2) is 0 Å². The maximum absolute atomic E-state index is 6.26. The van der Waals surface area contributed by atoms with Crippen LogP contribution in [-0.2, 0) is 0 Å². The van der Waals surface area contributed by atoms with E-state index in [1.54, 1.807) is 11.3 Å². The van der Waals surface area contributed by atoms with Crippen LogP contribution in [0.25, 0.3) is 0 Å². The monoisotopic (exact) mass is 289 g/mol. The Morgan fingerprint density at radius 1 is 1.15 bits per heavy atom. The minimum absolute atomic E-state index is 0.0429. The molecule has 1 heterocycles. The van der Waals surface area contributed by atoms with E-state index in [0.717, 1.165) is 12.2 Å². The molecule has 1 aromatic heterocycles. The van der Waals surface area contributed by atoms with Crippen molar-refractivity contribution in [1.29, 1.82) is 0 Å². The molecule has 3 unspecified atom stereocenters. The van der Waals surface area contributed by atoms with E-state index in [-0.39, 0.29) is 12.1 Å². The molecule has 20 heavy (non-hydrogen) atoms. The molecule has 2 N–H and O–H groups in total. The molecule has 0 bridgehead atoms. The van der Waals surface area contributed by atoms with E-state index in [1.165, 1.54) is 10.4 Å². The Morgan fingerprint density at radius 2 is 1.90 bits per heavy atom. The third kappa shape index (κ3) is 3.41. The minimum Gasteiger partial charge on any atom is -0.483 e. The quantitative estimate of drug-likeness (QED) is 0.834. The summed E-state index contributed by atoms with van der Waals surface area (Å²) in [5.74, 6) is 1.45. The van der Waals surface area contributed by atoms with Crippen LogP contribution in [-0.4, -0.2) is 6.04 Å². The van der Waals surface area contributed by atoms with Gasteiger partial charge in [-0.15, -0.1) is 11.3 Å². The molecule has 0 aliphatic carbocycles. The van der Waals surface area contributed by atoms with Crippen LogP contribution in [0.1, 0.15) is 49.7 Å². The fourth-order valence-corrected chi connectivity index (χ4v) is 3.10. The Labute approximate surface area is 125 Å². The summed E-state index contributed by atoms with van der Waals surface area (Å²) in [5, 5.41) is 2.06. The van der Waals surface area contributed by atoms with Gasteiger partial charge in [-0.2, -0.15) is 0 Å². The standard InChI is InChI=1S/C17H23NOS/c1-4-12(2)14-8-5-6-9-15(14)19-17(13(3)18)16-10-7-11-20-16/h5-13,17H,4,18H2,1-3H3. The first kappa shape index (κ1) is 15.1. The molecule has 1 aromatic carbocycles. The molecule has 0 fully saturated rings. The van der Waals surface area contributed by atoms with E-state index < -0.39 is 0 Å². The lowest BCUT2D eigenvalue weighted by atomic mass is 9.97. The number of para-hydroxylation sites is 1. The lowest BCUT2D eigenvalue weighted by molar-refractivity contribution is 0.181. The van der Waals surface area contributed by atoms with Crippen LogP contribution in [0.3, 0.4) is 0 Å². The van der Waals surface area contributed by atoms with Crippen LogP contribution in [0.15, 0.2) is 41.8 Å². The van der Waals surface area contributed by atoms with Crippen LogP contribution >= 0.6 is 11.3 Å². The summed E-state index contributed by atoms with van der Waals surface area (Å²) >= 11 is 1.69. The maximum Gasteiger partial charge on any atom is 0.148 e. The highest BCUT2D eigenvalue weighted by Crippen LogP contribution is 2.33. The van der Waals surface area contributed by atoms with Gasteiger partial charge in [-0.05, 0) is 42.3 Å². The van der Waals surface area contributed by atoms with Gasteiger partial charge in [0, 0.05) is 10.9 Å². The molecule has 0 saturated heterocycles. The Bertz CT molecular complexity index is 522. The Kier molecular flexibility index (Phi) is 5.21. The molecule has 3 atom stereocenters. The fraction of sp³-hybridized carbons (Fsp3) is 0.412. The van der Waals surface area contributed by atoms with Crippen molar-refractivity contribution in [3.05, 3.63) is 52.2 Å². The van der Waals surface area contributed by atoms with Crippen molar-refractivity contribution in [1.82, 2.24) is 0 Å². The van der Waals surface area contributed by atoms with Gasteiger partial charge in [0.25, 0.3) is 0 Å². The molecular weight excluding hydrogens is 266 g/mol. The van der Waals surface area contributed by atoms with Crippen molar-refractivity contribution in [3.63, 3.8) is 0 Å². The van der Waals surface area contributed by atoms with Crippen molar-refractivity contribution in [2.24, 2.45) is 5.73 Å². The van der Waals surface area contributed by atoms with Crippen LogP contribution < -0.4 is 10.5 Å². The fourth-order valence-electron chi connectivity index (χ4n) is 2.23. The van der Waals surface area contributed by atoms with Gasteiger partial charge in [0.2, 0.25) is 0 Å². The van der Waals surface area contributed by atoms with Crippen LogP contribution in [0.2, 0.25) is 0 Å². The molecule has 0 amide bonds. The van der Waals surface area contributed by atoms with Gasteiger partial charge in [-0.3, -0.25) is 0 Å². The smallest absolute Gasteiger partial charge is 0.148 e. The number of benzene rings is 1. The Hall–Kier alpha value is -1.32. The average Bonchev–Trinajstić information content (AvgIpc) is 2.97. The van der Waals surface area contributed by atoms with Gasteiger partial charge in [-0.1, -0.05) is 38.1 Å². The van der Waals surface area contributed by atoms with Crippen molar-refractivity contribution >= 4 is 11.3 Å². The second-order valence-electron chi connectivity index (χ2n) is 5.26. The minimum atomic E-state index is -0.0831. The van der Waals surface area contributed by atoms with Crippen LogP contribution in [0.5, 0.6) is 5.75 Å². The first-order valence-corrected chi connectivity index (χ1v) is 8.06. The molecule has 0 spiro atoms. The summed E-state index contributed by atoms with van der Waals surface area (Å²) in [6.07, 6.45) is 1.02. The second-order valence-corrected chi connectivity index (χ2v) is 6.24. The third-order valence-corrected chi connectivity index (χ3v) is 4.55. The zero-order chi connectivity index (χ0) is 14.5. The first-order valence-electron chi connectivity index (χ1n) is 7.18. The van der Waals surface area contributed by atoms with E-state index in [0.29, 0.717) is 5.92 Å². The number of ether oxygens (including phenoxy) is 1. The van der Waals surface area contributed by atoms with Crippen LogP contribution in [0.4, 0.5) is 0 Å². The molecule has 108 valence electrons. The van der Waals surface area contributed by atoms with Crippen molar-refractivity contribution in [2.75, 3.05) is 0 Å². The lowest BCUT2D eigenvalue weighted by Crippen LogP contribution is -2.28. The van der Waals surface area contributed by atoms with Gasteiger partial charge < -0.3 is 10.5 Å². The van der Waals surface area contributed by atoms with Crippen molar-refractivity contribution < 1.29 is 4.74 Å². The van der Waals surface area contributed by atoms with E-state index in [4.69, 9.17) is 10.5 Å². The highest BCUT2D eigenvalue weighted by molar-refractivity contribution is 7.10. The third-order valence-electron chi connectivity index (χ3n) is 3.62. The molecule has 3 heteroatoms. The van der Waals surface area contributed by atoms with E-state index in [2.05, 4.69) is 37.4 Å². The topological polar surface area (TPSA) is 35.2 Å². The molecule has 2 nitrogen and oxygen atoms in total. The highest BCUT2D eigenvalue weighted by atomic mass is 32.1. The predicted molar refractivity (Wildman–Crippen MR) is 86.5 cm³/mol. The van der Waals surface area contributed by atoms with E-state index in [9.17, 15) is 0 Å². The molecule has 0 aliphatic rings. The van der Waals surface area contributed by atoms with E-state index in [1.807, 2.05) is 25.1 Å². The molecule has 2 aromatic rings. The summed E-state index contributed by atoms with van der Waals surface area (Å²) in [6, 6.07) is 12.4. The summed E-state index contributed by atoms with van der Waals surface area (Å²) in [7, 11) is 0. The number of thiophene rings is 1. The molecular formula is C17H23NOS. The average molecular weight is 289 g/mol. The molecule has 2 rings (SSSR count). The van der Waals surface area contributed by atoms with Gasteiger partial charge >= 0.3 is 0 Å². The summed E-state index contributed by atoms with van der Waals surface area (Å²) in [5.41, 5.74) is 7.38. The second kappa shape index (κ2) is 6.91. The first-order chi connectivity index (χ1) is 9.63. The SMILES string of the molecule is CCC(C)c1ccccc1OC(c1cccs1)C(C)N. The number of hydrogen-bond acceptors (Lipinski definition) is 3. The predicted octanol–water partition coefficient (Wildman–Crippen LogP) is 4.73. The summed E-state index contributed by atoms with van der Waals surface area (Å²) in [6.45, 7) is 6.42. The van der Waals surface area contributed by atoms with E-state index >= 15 is 0 Å². The highest BCUT2D eigenvalue weighted by Gasteiger charge is 2.21. The molecule has 0 aliphatic heterocycles. The summed E-state index contributed by atoms with van der Waals surface area (Å²) in [4.78, 5) is 1.18. The Balaban J connectivity index is 2.28. The normalized spacial score (nSPS) is 15.6. The van der Waals surface area contributed by atoms with Gasteiger partial charge in [0.15, 0.2) is 0 Å². The summed E-state index contributed by atoms with van der Waals surface area (Å²) < 4.78 is 6.26. The van der Waals surface area contributed by atoms with Crippen molar-refractivity contribution in [2.45, 2.75) is 45.3 Å².